The fraction of sp³-hybridized carbons (Fsp3) is 0.188. The molecule has 0 aliphatic heterocycles. The van der Waals surface area contributed by atoms with Gasteiger partial charge in [0.2, 0.25) is 0 Å². The van der Waals surface area contributed by atoms with Gasteiger partial charge in [-0.15, -0.1) is 0 Å². The minimum absolute atomic E-state index is 0.0979. The van der Waals surface area contributed by atoms with E-state index in [9.17, 15) is 4.79 Å². The molecule has 5 heteroatoms. The van der Waals surface area contributed by atoms with E-state index in [0.29, 0.717) is 28.6 Å². The van der Waals surface area contributed by atoms with E-state index in [0.717, 1.165) is 5.56 Å². The number of nitrogens with zero attached hydrogens (tertiary/aromatic N) is 1. The van der Waals surface area contributed by atoms with Crippen molar-refractivity contribution in [3.8, 4) is 5.75 Å². The van der Waals surface area contributed by atoms with Crippen LogP contribution in [-0.4, -0.2) is 25.0 Å². The van der Waals surface area contributed by atoms with Crippen molar-refractivity contribution in [1.29, 1.82) is 0 Å². The highest BCUT2D eigenvalue weighted by molar-refractivity contribution is 6.30. The number of benzene rings is 2. The Morgan fingerprint density at radius 1 is 1.24 bits per heavy atom. The van der Waals surface area contributed by atoms with Crippen LogP contribution in [0.1, 0.15) is 15.9 Å². The van der Waals surface area contributed by atoms with Gasteiger partial charge in [-0.3, -0.25) is 4.79 Å². The maximum Gasteiger partial charge on any atom is 0.253 e. The lowest BCUT2D eigenvalue weighted by molar-refractivity contribution is 0.0785. The molecule has 4 nitrogen and oxygen atoms in total. The van der Waals surface area contributed by atoms with Gasteiger partial charge < -0.3 is 15.4 Å². The van der Waals surface area contributed by atoms with Gasteiger partial charge in [-0.25, -0.2) is 0 Å². The predicted octanol–water partition coefficient (Wildman–Crippen LogP) is 3.20. The molecule has 1 amide bonds. The van der Waals surface area contributed by atoms with Crippen molar-refractivity contribution in [2.75, 3.05) is 19.9 Å². The summed E-state index contributed by atoms with van der Waals surface area (Å²) in [6.07, 6.45) is 0. The number of nitrogen functional groups attached to an aromatic ring is 1. The molecule has 2 aromatic carbocycles. The van der Waals surface area contributed by atoms with Crippen LogP contribution in [0.4, 0.5) is 5.69 Å². The highest BCUT2D eigenvalue weighted by Gasteiger charge is 2.13. The number of hydrogen-bond donors (Lipinski definition) is 1. The van der Waals surface area contributed by atoms with E-state index in [1.54, 1.807) is 49.4 Å². The minimum atomic E-state index is -0.0979. The molecule has 0 saturated heterocycles. The Bertz CT molecular complexity index is 641. The Morgan fingerprint density at radius 3 is 2.48 bits per heavy atom. The fourth-order valence-electron chi connectivity index (χ4n) is 2.02. The summed E-state index contributed by atoms with van der Waals surface area (Å²) in [4.78, 5) is 14.0. The van der Waals surface area contributed by atoms with E-state index in [1.807, 2.05) is 12.1 Å². The number of anilines is 1. The van der Waals surface area contributed by atoms with Crippen molar-refractivity contribution in [2.45, 2.75) is 6.54 Å². The second kappa shape index (κ2) is 6.50. The molecule has 110 valence electrons. The van der Waals surface area contributed by atoms with Gasteiger partial charge in [0.15, 0.2) is 0 Å². The van der Waals surface area contributed by atoms with Crippen molar-refractivity contribution in [3.05, 3.63) is 58.6 Å². The number of ether oxygens (including phenoxy) is 1. The summed E-state index contributed by atoms with van der Waals surface area (Å²) in [6.45, 7) is 0.502. The van der Waals surface area contributed by atoms with E-state index >= 15 is 0 Å². The first-order valence-electron chi connectivity index (χ1n) is 6.44. The molecule has 2 rings (SSSR count). The number of nitrogens with two attached hydrogens (primary N) is 1. The molecule has 0 aromatic heterocycles. The molecule has 0 heterocycles. The molecule has 0 aliphatic rings. The van der Waals surface area contributed by atoms with Gasteiger partial charge in [0.1, 0.15) is 5.75 Å². The summed E-state index contributed by atoms with van der Waals surface area (Å²) >= 11 is 5.85. The summed E-state index contributed by atoms with van der Waals surface area (Å²) in [6, 6.07) is 12.4. The number of halogens is 1. The van der Waals surface area contributed by atoms with Crippen LogP contribution >= 0.6 is 11.6 Å². The van der Waals surface area contributed by atoms with Crippen LogP contribution in [0.5, 0.6) is 5.75 Å². The van der Waals surface area contributed by atoms with E-state index in [2.05, 4.69) is 0 Å². The van der Waals surface area contributed by atoms with Crippen molar-refractivity contribution in [3.63, 3.8) is 0 Å². The van der Waals surface area contributed by atoms with Crippen LogP contribution in [0.25, 0.3) is 0 Å². The molecule has 21 heavy (non-hydrogen) atoms. The Balaban J connectivity index is 2.11. The highest BCUT2D eigenvalue weighted by Crippen LogP contribution is 2.22. The average molecular weight is 305 g/mol. The topological polar surface area (TPSA) is 55.6 Å². The lowest BCUT2D eigenvalue weighted by Crippen LogP contribution is -2.26. The number of carbonyl (C=O) groups is 1. The van der Waals surface area contributed by atoms with E-state index in [1.165, 1.54) is 0 Å². The quantitative estimate of drug-likeness (QED) is 0.883. The third kappa shape index (κ3) is 3.67. The molecule has 0 radical (unpaired) electrons. The lowest BCUT2D eigenvalue weighted by Gasteiger charge is -2.18. The van der Waals surface area contributed by atoms with E-state index in [-0.39, 0.29) is 5.91 Å². The van der Waals surface area contributed by atoms with Gasteiger partial charge >= 0.3 is 0 Å². The highest BCUT2D eigenvalue weighted by atomic mass is 35.5. The molecule has 0 unspecified atom stereocenters. The van der Waals surface area contributed by atoms with Gasteiger partial charge in [-0.05, 0) is 35.9 Å². The molecule has 0 atom stereocenters. The molecular weight excluding hydrogens is 288 g/mol. The van der Waals surface area contributed by atoms with Gasteiger partial charge in [-0.1, -0.05) is 23.7 Å². The normalized spacial score (nSPS) is 10.2. The molecule has 0 bridgehead atoms. The second-order valence-electron chi connectivity index (χ2n) is 4.74. The smallest absolute Gasteiger partial charge is 0.253 e. The first-order valence-corrected chi connectivity index (χ1v) is 6.82. The third-order valence-corrected chi connectivity index (χ3v) is 3.41. The van der Waals surface area contributed by atoms with E-state index < -0.39 is 0 Å². The zero-order valence-corrected chi connectivity index (χ0v) is 12.7. The maximum absolute atomic E-state index is 12.4. The van der Waals surface area contributed by atoms with Gasteiger partial charge in [0, 0.05) is 24.2 Å². The van der Waals surface area contributed by atoms with Crippen molar-refractivity contribution in [1.82, 2.24) is 4.90 Å². The number of carbonyl (C=O) groups excluding carboxylic acids is 1. The predicted molar refractivity (Wildman–Crippen MR) is 84.7 cm³/mol. The second-order valence-corrected chi connectivity index (χ2v) is 5.18. The van der Waals surface area contributed by atoms with Crippen LogP contribution in [0.15, 0.2) is 42.5 Å². The zero-order valence-electron chi connectivity index (χ0n) is 12.0. The molecule has 0 fully saturated rings. The Labute approximate surface area is 129 Å². The minimum Gasteiger partial charge on any atom is -0.495 e. The standard InChI is InChI=1S/C16H17ClN2O2/c1-19(10-11-3-6-13(17)7-4-11)16(20)12-5-8-15(21-2)14(18)9-12/h3-9H,10,18H2,1-2H3. The van der Waals surface area contributed by atoms with Crippen molar-refractivity contribution >= 4 is 23.2 Å². The van der Waals surface area contributed by atoms with Crippen LogP contribution in [0.2, 0.25) is 5.02 Å². The number of methoxy groups -OCH3 is 1. The van der Waals surface area contributed by atoms with E-state index in [4.69, 9.17) is 22.1 Å². The SMILES string of the molecule is COc1ccc(C(=O)N(C)Cc2ccc(Cl)cc2)cc1N. The summed E-state index contributed by atoms with van der Waals surface area (Å²) < 4.78 is 5.08. The number of amides is 1. The Kier molecular flexibility index (Phi) is 4.70. The molecule has 0 aliphatic carbocycles. The van der Waals surface area contributed by atoms with Crippen LogP contribution in [-0.2, 0) is 6.54 Å². The summed E-state index contributed by atoms with van der Waals surface area (Å²) in [5, 5.41) is 0.677. The van der Waals surface area contributed by atoms with Crippen molar-refractivity contribution in [2.24, 2.45) is 0 Å². The monoisotopic (exact) mass is 304 g/mol. The zero-order chi connectivity index (χ0) is 15.4. The average Bonchev–Trinajstić information content (AvgIpc) is 2.48. The maximum atomic E-state index is 12.4. The van der Waals surface area contributed by atoms with Crippen LogP contribution in [0.3, 0.4) is 0 Å². The summed E-state index contributed by atoms with van der Waals surface area (Å²) in [7, 11) is 3.29. The first kappa shape index (κ1) is 15.2. The Hall–Kier alpha value is -2.20. The molecule has 0 saturated carbocycles. The largest absolute Gasteiger partial charge is 0.495 e. The third-order valence-electron chi connectivity index (χ3n) is 3.16. The van der Waals surface area contributed by atoms with Gasteiger partial charge in [-0.2, -0.15) is 0 Å². The fourth-order valence-corrected chi connectivity index (χ4v) is 2.15. The van der Waals surface area contributed by atoms with Crippen LogP contribution < -0.4 is 10.5 Å². The van der Waals surface area contributed by atoms with Gasteiger partial charge in [0.05, 0.1) is 12.8 Å². The van der Waals surface area contributed by atoms with Crippen molar-refractivity contribution < 1.29 is 9.53 Å². The summed E-state index contributed by atoms with van der Waals surface area (Å²) in [5.74, 6) is 0.464. The van der Waals surface area contributed by atoms with Crippen LogP contribution in [0, 0.1) is 0 Å². The molecular formula is C16H17ClN2O2. The van der Waals surface area contributed by atoms with Gasteiger partial charge in [0.25, 0.3) is 5.91 Å². The summed E-state index contributed by atoms with van der Waals surface area (Å²) in [5.41, 5.74) is 7.82. The molecule has 0 spiro atoms. The lowest BCUT2D eigenvalue weighted by atomic mass is 10.1. The molecule has 2 aromatic rings. The number of rotatable bonds is 4. The number of hydrogen-bond acceptors (Lipinski definition) is 3. The first-order chi connectivity index (χ1) is 10.0. The molecule has 2 N–H and O–H groups in total. The Morgan fingerprint density at radius 2 is 1.90 bits per heavy atom.